The van der Waals surface area contributed by atoms with E-state index < -0.39 is 5.60 Å². The third-order valence-electron chi connectivity index (χ3n) is 3.87. The van der Waals surface area contributed by atoms with Gasteiger partial charge in [0.05, 0.1) is 0 Å². The zero-order valence-corrected chi connectivity index (χ0v) is 11.1. The van der Waals surface area contributed by atoms with Gasteiger partial charge < -0.3 is 15.4 Å². The number of amides is 1. The molecule has 4 nitrogen and oxygen atoms in total. The van der Waals surface area contributed by atoms with Crippen molar-refractivity contribution >= 4 is 6.09 Å². The van der Waals surface area contributed by atoms with Gasteiger partial charge in [-0.25, -0.2) is 4.79 Å². The Hall–Kier alpha value is -0.770. The van der Waals surface area contributed by atoms with Gasteiger partial charge in [-0.3, -0.25) is 0 Å². The molecule has 1 heterocycles. The van der Waals surface area contributed by atoms with Gasteiger partial charge in [0, 0.05) is 18.0 Å². The zero-order valence-electron chi connectivity index (χ0n) is 11.1. The topological polar surface area (TPSA) is 50.4 Å². The molecule has 2 atom stereocenters. The molecule has 1 aliphatic heterocycles. The predicted octanol–water partition coefficient (Wildman–Crippen LogP) is 2.04. The Labute approximate surface area is 103 Å². The number of ether oxygens (including phenoxy) is 1. The summed E-state index contributed by atoms with van der Waals surface area (Å²) in [5.41, 5.74) is -0.110. The molecule has 1 spiro atoms. The molecule has 1 amide bonds. The van der Waals surface area contributed by atoms with Crippen molar-refractivity contribution in [1.82, 2.24) is 10.6 Å². The Kier molecular flexibility index (Phi) is 3.34. The summed E-state index contributed by atoms with van der Waals surface area (Å²) in [4.78, 5) is 11.7. The average molecular weight is 240 g/mol. The van der Waals surface area contributed by atoms with E-state index in [1.54, 1.807) is 0 Å². The smallest absolute Gasteiger partial charge is 0.407 e. The molecule has 0 aromatic carbocycles. The van der Waals surface area contributed by atoms with Crippen LogP contribution in [0, 0.1) is 5.41 Å². The minimum absolute atomic E-state index is 0.271. The van der Waals surface area contributed by atoms with Crippen molar-refractivity contribution in [1.29, 1.82) is 0 Å². The standard InChI is InChI=1S/C13H24N2O2/c1-12(2,3)17-11(16)15-10-5-7-13(10)6-4-8-14-9-13/h10,14H,4-9H2,1-3H3,(H,15,16). The molecular formula is C13H24N2O2. The molecule has 2 N–H and O–H groups in total. The fourth-order valence-corrected chi connectivity index (χ4v) is 2.87. The second kappa shape index (κ2) is 4.48. The van der Waals surface area contributed by atoms with E-state index in [1.807, 2.05) is 20.8 Å². The van der Waals surface area contributed by atoms with Crippen LogP contribution in [0.5, 0.6) is 0 Å². The van der Waals surface area contributed by atoms with Gasteiger partial charge in [0.2, 0.25) is 0 Å². The summed E-state index contributed by atoms with van der Waals surface area (Å²) in [6.07, 6.45) is 4.47. The summed E-state index contributed by atoms with van der Waals surface area (Å²) in [6.45, 7) is 7.83. The largest absolute Gasteiger partial charge is 0.444 e. The maximum absolute atomic E-state index is 11.7. The number of hydrogen-bond donors (Lipinski definition) is 2. The average Bonchev–Trinajstić information content (AvgIpc) is 2.23. The molecule has 0 bridgehead atoms. The minimum Gasteiger partial charge on any atom is -0.444 e. The Morgan fingerprint density at radius 2 is 2.18 bits per heavy atom. The van der Waals surface area contributed by atoms with Gasteiger partial charge in [-0.2, -0.15) is 0 Å². The maximum Gasteiger partial charge on any atom is 0.407 e. The molecule has 1 saturated heterocycles. The maximum atomic E-state index is 11.7. The molecule has 0 aromatic rings. The number of carbonyl (C=O) groups excluding carboxylic acids is 1. The number of alkyl carbamates (subject to hydrolysis) is 1. The van der Waals surface area contributed by atoms with Crippen LogP contribution in [0.15, 0.2) is 0 Å². The number of nitrogens with one attached hydrogen (secondary N) is 2. The van der Waals surface area contributed by atoms with E-state index in [2.05, 4.69) is 10.6 Å². The van der Waals surface area contributed by atoms with Crippen LogP contribution in [0.3, 0.4) is 0 Å². The molecule has 2 rings (SSSR count). The molecular weight excluding hydrogens is 216 g/mol. The van der Waals surface area contributed by atoms with E-state index in [0.29, 0.717) is 11.5 Å². The highest BCUT2D eigenvalue weighted by atomic mass is 16.6. The molecule has 1 saturated carbocycles. The summed E-state index contributed by atoms with van der Waals surface area (Å²) in [5, 5.41) is 6.47. The molecule has 2 aliphatic rings. The normalized spacial score (nSPS) is 33.0. The molecule has 4 heteroatoms. The molecule has 2 fully saturated rings. The van der Waals surface area contributed by atoms with Crippen LogP contribution < -0.4 is 10.6 Å². The molecule has 2 unspecified atom stereocenters. The second-order valence-electron chi connectivity index (χ2n) is 6.38. The fraction of sp³-hybridized carbons (Fsp3) is 0.923. The first-order chi connectivity index (χ1) is 7.91. The van der Waals surface area contributed by atoms with Crippen LogP contribution in [-0.4, -0.2) is 30.8 Å². The monoisotopic (exact) mass is 240 g/mol. The van der Waals surface area contributed by atoms with Crippen LogP contribution in [0.4, 0.5) is 4.79 Å². The van der Waals surface area contributed by atoms with Crippen molar-refractivity contribution in [3.05, 3.63) is 0 Å². The SMILES string of the molecule is CC(C)(C)OC(=O)NC1CCC12CCCNC2. The first-order valence-electron chi connectivity index (χ1n) is 6.62. The van der Waals surface area contributed by atoms with Crippen LogP contribution in [0.25, 0.3) is 0 Å². The Morgan fingerprint density at radius 1 is 1.41 bits per heavy atom. The van der Waals surface area contributed by atoms with Crippen LogP contribution in [-0.2, 0) is 4.74 Å². The van der Waals surface area contributed by atoms with Gasteiger partial charge in [-0.1, -0.05) is 0 Å². The first kappa shape index (κ1) is 12.7. The highest BCUT2D eigenvalue weighted by Gasteiger charge is 2.48. The molecule has 0 aromatic heterocycles. The third-order valence-corrected chi connectivity index (χ3v) is 3.87. The van der Waals surface area contributed by atoms with E-state index in [9.17, 15) is 4.79 Å². The number of rotatable bonds is 1. The van der Waals surface area contributed by atoms with Crippen molar-refractivity contribution in [2.75, 3.05) is 13.1 Å². The van der Waals surface area contributed by atoms with Crippen molar-refractivity contribution in [2.45, 2.75) is 58.1 Å². The summed E-state index contributed by atoms with van der Waals surface area (Å²) in [7, 11) is 0. The van der Waals surface area contributed by atoms with E-state index in [1.165, 1.54) is 19.3 Å². The Bertz CT molecular complexity index is 290. The molecule has 1 aliphatic carbocycles. The summed E-state index contributed by atoms with van der Waals surface area (Å²) < 4.78 is 5.31. The van der Waals surface area contributed by atoms with E-state index >= 15 is 0 Å². The van der Waals surface area contributed by atoms with Gasteiger partial charge in [-0.05, 0) is 53.0 Å². The summed E-state index contributed by atoms with van der Waals surface area (Å²) in [6, 6.07) is 0.296. The summed E-state index contributed by atoms with van der Waals surface area (Å²) >= 11 is 0. The van der Waals surface area contributed by atoms with Crippen LogP contribution in [0.1, 0.15) is 46.5 Å². The molecule has 0 radical (unpaired) electrons. The fourth-order valence-electron chi connectivity index (χ4n) is 2.87. The second-order valence-corrected chi connectivity index (χ2v) is 6.38. The third kappa shape index (κ3) is 2.92. The number of carbonyl (C=O) groups is 1. The highest BCUT2D eigenvalue weighted by molar-refractivity contribution is 5.68. The lowest BCUT2D eigenvalue weighted by molar-refractivity contribution is 0.0118. The lowest BCUT2D eigenvalue weighted by Gasteiger charge is -2.52. The van der Waals surface area contributed by atoms with Crippen molar-refractivity contribution < 1.29 is 9.53 Å². The van der Waals surface area contributed by atoms with Crippen molar-refractivity contribution in [2.24, 2.45) is 5.41 Å². The van der Waals surface area contributed by atoms with Gasteiger partial charge in [0.1, 0.15) is 5.60 Å². The van der Waals surface area contributed by atoms with Gasteiger partial charge in [0.15, 0.2) is 0 Å². The highest BCUT2D eigenvalue weighted by Crippen LogP contribution is 2.45. The quantitative estimate of drug-likeness (QED) is 0.737. The van der Waals surface area contributed by atoms with Crippen LogP contribution >= 0.6 is 0 Å². The van der Waals surface area contributed by atoms with Crippen molar-refractivity contribution in [3.8, 4) is 0 Å². The van der Waals surface area contributed by atoms with Gasteiger partial charge >= 0.3 is 6.09 Å². The number of piperidine rings is 1. The van der Waals surface area contributed by atoms with Crippen LogP contribution in [0.2, 0.25) is 0 Å². The minimum atomic E-state index is -0.411. The predicted molar refractivity (Wildman–Crippen MR) is 66.9 cm³/mol. The molecule has 98 valence electrons. The van der Waals surface area contributed by atoms with Gasteiger partial charge in [-0.15, -0.1) is 0 Å². The zero-order chi connectivity index (χ0) is 12.5. The lowest BCUT2D eigenvalue weighted by atomic mass is 9.61. The van der Waals surface area contributed by atoms with E-state index in [-0.39, 0.29) is 6.09 Å². The molecule has 17 heavy (non-hydrogen) atoms. The lowest BCUT2D eigenvalue weighted by Crippen LogP contribution is -2.61. The Morgan fingerprint density at radius 3 is 2.65 bits per heavy atom. The summed E-state index contributed by atoms with van der Waals surface area (Å²) in [5.74, 6) is 0. The first-order valence-corrected chi connectivity index (χ1v) is 6.62. The Balaban J connectivity index is 1.85. The van der Waals surface area contributed by atoms with Crippen molar-refractivity contribution in [3.63, 3.8) is 0 Å². The van der Waals surface area contributed by atoms with E-state index in [4.69, 9.17) is 4.74 Å². The number of hydrogen-bond acceptors (Lipinski definition) is 3. The van der Waals surface area contributed by atoms with E-state index in [0.717, 1.165) is 19.5 Å². The van der Waals surface area contributed by atoms with Gasteiger partial charge in [0.25, 0.3) is 0 Å².